The van der Waals surface area contributed by atoms with Crippen molar-refractivity contribution in [2.24, 2.45) is 0 Å². The molecule has 4 heterocycles. The van der Waals surface area contributed by atoms with E-state index in [1.807, 2.05) is 27.0 Å². The third-order valence-corrected chi connectivity index (χ3v) is 9.31. The molecule has 3 aromatic rings. The molecular formula is C35H40ClF3N4O4. The molecule has 0 radical (unpaired) electrons. The number of pyridine rings is 2. The van der Waals surface area contributed by atoms with Crippen LogP contribution in [0, 0.1) is 20.8 Å². The highest BCUT2D eigenvalue weighted by Crippen LogP contribution is 2.40. The second-order valence-corrected chi connectivity index (χ2v) is 13.0. The molecule has 0 spiro atoms. The van der Waals surface area contributed by atoms with E-state index in [1.165, 1.54) is 6.42 Å². The topological polar surface area (TPSA) is 84.9 Å². The van der Waals surface area contributed by atoms with Gasteiger partial charge in [-0.25, -0.2) is 14.8 Å². The maximum atomic E-state index is 13.4. The monoisotopic (exact) mass is 672 g/mol. The van der Waals surface area contributed by atoms with Crippen LogP contribution < -0.4 is 4.90 Å². The first kappa shape index (κ1) is 34.6. The Morgan fingerprint density at radius 2 is 1.62 bits per heavy atom. The Kier molecular flexibility index (Phi) is 10.8. The molecule has 6 rings (SSSR count). The number of nitrogens with zero attached hydrogens (tertiary/aromatic N) is 4. The first-order valence-corrected chi connectivity index (χ1v) is 16.3. The zero-order chi connectivity index (χ0) is 33.9. The van der Waals surface area contributed by atoms with Gasteiger partial charge in [-0.05, 0) is 101 Å². The predicted octanol–water partition coefficient (Wildman–Crippen LogP) is 8.19. The normalized spacial score (nSPS) is 20.3. The van der Waals surface area contributed by atoms with Crippen molar-refractivity contribution in [3.05, 3.63) is 86.8 Å². The number of halogens is 4. The van der Waals surface area contributed by atoms with Crippen molar-refractivity contribution in [3.63, 3.8) is 0 Å². The van der Waals surface area contributed by atoms with E-state index in [0.29, 0.717) is 35.1 Å². The van der Waals surface area contributed by atoms with Crippen LogP contribution in [-0.4, -0.2) is 58.6 Å². The zero-order valence-corrected chi connectivity index (χ0v) is 27.8. The lowest BCUT2D eigenvalue weighted by atomic mass is 9.88. The van der Waals surface area contributed by atoms with Gasteiger partial charge in [-0.1, -0.05) is 23.2 Å². The van der Waals surface area contributed by atoms with E-state index in [-0.39, 0.29) is 11.7 Å². The summed E-state index contributed by atoms with van der Waals surface area (Å²) >= 11 is 5.55. The van der Waals surface area contributed by atoms with E-state index in [4.69, 9.17) is 26.1 Å². The lowest BCUT2D eigenvalue weighted by Crippen LogP contribution is -2.50. The van der Waals surface area contributed by atoms with Crippen LogP contribution in [0.1, 0.15) is 88.9 Å². The SMILES string of the molecule is Cc1cc([C@H]2OC(=O)N(Cc3cc(C)cnc3N(C3CCC3)C3CCOCC3)[C@H]2C)cc(C(F)(F)F)c1.Cc1cnc(Cl)c(C=O)c1. The van der Waals surface area contributed by atoms with E-state index < -0.39 is 30.0 Å². The Bertz CT molecular complexity index is 1590. The Morgan fingerprint density at radius 3 is 2.23 bits per heavy atom. The molecule has 3 fully saturated rings. The summed E-state index contributed by atoms with van der Waals surface area (Å²) in [6, 6.07) is 7.93. The Labute approximate surface area is 278 Å². The van der Waals surface area contributed by atoms with E-state index in [2.05, 4.69) is 16.0 Å². The summed E-state index contributed by atoms with van der Waals surface area (Å²) in [7, 11) is 0. The lowest BCUT2D eigenvalue weighted by Gasteiger charge is -2.45. The first-order chi connectivity index (χ1) is 22.3. The second-order valence-electron chi connectivity index (χ2n) is 12.6. The van der Waals surface area contributed by atoms with Gasteiger partial charge in [-0.2, -0.15) is 13.2 Å². The van der Waals surface area contributed by atoms with Crippen LogP contribution in [0.3, 0.4) is 0 Å². The maximum Gasteiger partial charge on any atom is 0.416 e. The van der Waals surface area contributed by atoms with E-state index in [9.17, 15) is 22.8 Å². The molecule has 0 bridgehead atoms. The molecule has 1 amide bonds. The number of hydrogen-bond donors (Lipinski definition) is 0. The molecule has 47 heavy (non-hydrogen) atoms. The van der Waals surface area contributed by atoms with Crippen molar-refractivity contribution in [2.75, 3.05) is 18.1 Å². The molecule has 12 heteroatoms. The minimum absolute atomic E-state index is 0.264. The number of aromatic nitrogens is 2. The van der Waals surface area contributed by atoms with Gasteiger partial charge in [0.05, 0.1) is 23.7 Å². The van der Waals surface area contributed by atoms with Crippen molar-refractivity contribution in [3.8, 4) is 0 Å². The van der Waals surface area contributed by atoms with Crippen LogP contribution in [-0.2, 0) is 22.2 Å². The predicted molar refractivity (Wildman–Crippen MR) is 173 cm³/mol. The first-order valence-electron chi connectivity index (χ1n) is 15.9. The number of rotatable bonds is 7. The molecule has 1 aromatic carbocycles. The summed E-state index contributed by atoms with van der Waals surface area (Å²) in [4.78, 5) is 36.0. The summed E-state index contributed by atoms with van der Waals surface area (Å²) in [6.45, 7) is 9.01. The van der Waals surface area contributed by atoms with Crippen molar-refractivity contribution in [1.29, 1.82) is 0 Å². The van der Waals surface area contributed by atoms with Crippen molar-refractivity contribution in [2.45, 2.75) is 96.7 Å². The number of alkyl halides is 3. The smallest absolute Gasteiger partial charge is 0.416 e. The number of carbonyl (C=O) groups excluding carboxylic acids is 2. The number of carbonyl (C=O) groups is 2. The largest absolute Gasteiger partial charge is 0.439 e. The summed E-state index contributed by atoms with van der Waals surface area (Å²) in [5.74, 6) is 0.889. The fourth-order valence-electron chi connectivity index (χ4n) is 6.39. The number of ether oxygens (including phenoxy) is 2. The average molecular weight is 673 g/mol. The molecule has 0 unspecified atom stereocenters. The van der Waals surface area contributed by atoms with Gasteiger partial charge in [0.15, 0.2) is 6.29 Å². The molecule has 2 saturated heterocycles. The lowest BCUT2D eigenvalue weighted by molar-refractivity contribution is -0.137. The van der Waals surface area contributed by atoms with E-state index in [0.717, 1.165) is 73.5 Å². The summed E-state index contributed by atoms with van der Waals surface area (Å²) in [6.07, 6.45) is 3.70. The van der Waals surface area contributed by atoms with Gasteiger partial charge < -0.3 is 14.4 Å². The summed E-state index contributed by atoms with van der Waals surface area (Å²) in [5.41, 5.74) is 3.41. The van der Waals surface area contributed by atoms with Crippen molar-refractivity contribution in [1.82, 2.24) is 14.9 Å². The van der Waals surface area contributed by atoms with Gasteiger partial charge in [0, 0.05) is 43.3 Å². The zero-order valence-electron chi connectivity index (χ0n) is 27.0. The van der Waals surface area contributed by atoms with Gasteiger partial charge in [0.1, 0.15) is 17.1 Å². The summed E-state index contributed by atoms with van der Waals surface area (Å²) < 4.78 is 51.6. The van der Waals surface area contributed by atoms with Gasteiger partial charge in [-0.15, -0.1) is 0 Å². The quantitative estimate of drug-likeness (QED) is 0.185. The highest BCUT2D eigenvalue weighted by molar-refractivity contribution is 6.31. The fourth-order valence-corrected chi connectivity index (χ4v) is 6.53. The molecule has 2 atom stereocenters. The van der Waals surface area contributed by atoms with Crippen LogP contribution in [0.2, 0.25) is 5.15 Å². The van der Waals surface area contributed by atoms with Gasteiger partial charge >= 0.3 is 12.3 Å². The van der Waals surface area contributed by atoms with Gasteiger partial charge in [0.2, 0.25) is 0 Å². The van der Waals surface area contributed by atoms with Crippen LogP contribution in [0.5, 0.6) is 0 Å². The Balaban J connectivity index is 0.000000371. The minimum atomic E-state index is -4.47. The molecule has 8 nitrogen and oxygen atoms in total. The minimum Gasteiger partial charge on any atom is -0.439 e. The summed E-state index contributed by atoms with van der Waals surface area (Å²) in [5, 5.41) is 0.264. The fraction of sp³-hybridized carbons (Fsp3) is 0.486. The second kappa shape index (κ2) is 14.6. The number of anilines is 1. The van der Waals surface area contributed by atoms with Crippen LogP contribution in [0.4, 0.5) is 23.8 Å². The third-order valence-electron chi connectivity index (χ3n) is 8.99. The Morgan fingerprint density at radius 1 is 0.957 bits per heavy atom. The van der Waals surface area contributed by atoms with Crippen molar-refractivity contribution >= 4 is 29.8 Å². The molecule has 0 N–H and O–H groups in total. The van der Waals surface area contributed by atoms with Gasteiger partial charge in [-0.3, -0.25) is 9.69 Å². The standard InChI is InChI=1S/C28H34F3N3O3.C7H6ClNO/c1-17-11-20(14-22(13-17)28(29,30)31)25-19(3)33(27(35)37-25)16-21-12-18(2)15-32-26(21)34(23-5-4-6-23)24-7-9-36-10-8-24;1-5-2-6(4-10)7(8)9-3-5/h11-15,19,23-25H,4-10,16H2,1-3H3;2-4H,1H3/t19-,25-;/m0./s1. The van der Waals surface area contributed by atoms with E-state index in [1.54, 1.807) is 30.2 Å². The van der Waals surface area contributed by atoms with E-state index >= 15 is 0 Å². The third kappa shape index (κ3) is 8.06. The number of aldehydes is 1. The molecule has 2 aromatic heterocycles. The Hall–Kier alpha value is -3.70. The van der Waals surface area contributed by atoms with Crippen LogP contribution >= 0.6 is 11.6 Å². The number of benzene rings is 1. The molecule has 1 saturated carbocycles. The molecule has 2 aliphatic heterocycles. The number of amides is 1. The van der Waals surface area contributed by atoms with Crippen LogP contribution in [0.15, 0.2) is 42.7 Å². The average Bonchev–Trinajstić information content (AvgIpc) is 3.29. The highest BCUT2D eigenvalue weighted by atomic mass is 35.5. The molecule has 3 aliphatic rings. The molecule has 1 aliphatic carbocycles. The highest BCUT2D eigenvalue weighted by Gasteiger charge is 2.42. The number of hydrogen-bond acceptors (Lipinski definition) is 7. The molecular weight excluding hydrogens is 633 g/mol. The number of cyclic esters (lactones) is 1. The number of aryl methyl sites for hydroxylation is 3. The van der Waals surface area contributed by atoms with Crippen LogP contribution in [0.25, 0.3) is 0 Å². The molecule has 252 valence electrons. The van der Waals surface area contributed by atoms with Crippen molar-refractivity contribution < 1.29 is 32.2 Å². The maximum absolute atomic E-state index is 13.4. The van der Waals surface area contributed by atoms with Gasteiger partial charge in [0.25, 0.3) is 0 Å².